The molecule has 0 aliphatic carbocycles. The van der Waals surface area contributed by atoms with Crippen molar-refractivity contribution in [2.45, 2.75) is 19.4 Å². The minimum Gasteiger partial charge on any atom is -0.385 e. The van der Waals surface area contributed by atoms with Gasteiger partial charge in [-0.05, 0) is 6.92 Å². The molecule has 0 saturated carbocycles. The number of amidine groups is 1. The zero-order chi connectivity index (χ0) is 11.6. The Morgan fingerprint density at radius 3 is 2.67 bits per heavy atom. The van der Waals surface area contributed by atoms with Crippen LogP contribution in [0.25, 0.3) is 0 Å². The first-order chi connectivity index (χ1) is 6.97. The van der Waals surface area contributed by atoms with Crippen molar-refractivity contribution in [3.63, 3.8) is 0 Å². The van der Waals surface area contributed by atoms with E-state index >= 15 is 0 Å². The maximum atomic E-state index is 11.5. The fourth-order valence-corrected chi connectivity index (χ4v) is 1.46. The molecular weight excluding hydrogens is 196 g/mol. The van der Waals surface area contributed by atoms with Gasteiger partial charge in [0.1, 0.15) is 5.84 Å². The fourth-order valence-electron chi connectivity index (χ4n) is 1.46. The highest BCUT2D eigenvalue weighted by atomic mass is 16.2. The minimum atomic E-state index is -0.377. The van der Waals surface area contributed by atoms with Gasteiger partial charge < -0.3 is 15.5 Å². The molecule has 1 atom stereocenters. The molecule has 0 fully saturated rings. The van der Waals surface area contributed by atoms with Gasteiger partial charge in [0.05, 0.1) is 12.5 Å². The zero-order valence-electron chi connectivity index (χ0n) is 9.23. The number of hydrogen-bond acceptors (Lipinski definition) is 3. The highest BCUT2D eigenvalue weighted by Crippen LogP contribution is 2.14. The van der Waals surface area contributed by atoms with Gasteiger partial charge >= 0.3 is 6.03 Å². The number of hydrogen-bond donors (Lipinski definition) is 1. The van der Waals surface area contributed by atoms with Gasteiger partial charge in [-0.15, -0.1) is 0 Å². The topological polar surface area (TPSA) is 79.0 Å². The predicted octanol–water partition coefficient (Wildman–Crippen LogP) is -0.354. The summed E-state index contributed by atoms with van der Waals surface area (Å²) in [6.45, 7) is 2.34. The Hall–Kier alpha value is -1.59. The number of carbonyl (C=O) groups excluding carboxylic acids is 2. The Morgan fingerprint density at radius 2 is 2.20 bits per heavy atom. The average Bonchev–Trinajstić information content (AvgIpc) is 2.41. The summed E-state index contributed by atoms with van der Waals surface area (Å²) in [5.74, 6) is 0.170. The number of aliphatic imine (C=N–C) groups is 1. The summed E-state index contributed by atoms with van der Waals surface area (Å²) in [6, 6.07) is -0.732. The first-order valence-electron chi connectivity index (χ1n) is 4.82. The van der Waals surface area contributed by atoms with Gasteiger partial charge in [0, 0.05) is 20.6 Å². The van der Waals surface area contributed by atoms with Crippen LogP contribution in [-0.2, 0) is 4.79 Å². The van der Waals surface area contributed by atoms with Crippen LogP contribution in [0.5, 0.6) is 0 Å². The Bertz CT molecular complexity index is 311. The van der Waals surface area contributed by atoms with Crippen LogP contribution in [0.4, 0.5) is 4.79 Å². The van der Waals surface area contributed by atoms with Gasteiger partial charge in [0.2, 0.25) is 5.91 Å². The van der Waals surface area contributed by atoms with Crippen LogP contribution in [-0.4, -0.2) is 54.3 Å². The molecule has 15 heavy (non-hydrogen) atoms. The van der Waals surface area contributed by atoms with Crippen molar-refractivity contribution in [3.05, 3.63) is 0 Å². The minimum absolute atomic E-state index is 0.0636. The van der Waals surface area contributed by atoms with Gasteiger partial charge in [-0.25, -0.2) is 4.79 Å². The van der Waals surface area contributed by atoms with E-state index in [2.05, 4.69) is 4.99 Å². The van der Waals surface area contributed by atoms with E-state index in [1.54, 1.807) is 14.1 Å². The van der Waals surface area contributed by atoms with E-state index in [4.69, 9.17) is 5.73 Å². The number of urea groups is 1. The molecule has 0 saturated heterocycles. The lowest BCUT2D eigenvalue weighted by Crippen LogP contribution is -2.43. The summed E-state index contributed by atoms with van der Waals surface area (Å²) >= 11 is 0. The second kappa shape index (κ2) is 4.29. The maximum Gasteiger partial charge on any atom is 0.345 e. The van der Waals surface area contributed by atoms with Crippen LogP contribution < -0.4 is 5.73 Å². The third-order valence-corrected chi connectivity index (χ3v) is 2.40. The van der Waals surface area contributed by atoms with Gasteiger partial charge in [-0.2, -0.15) is 4.99 Å². The smallest absolute Gasteiger partial charge is 0.345 e. The molecule has 1 aliphatic rings. The van der Waals surface area contributed by atoms with E-state index in [0.29, 0.717) is 6.54 Å². The molecule has 6 nitrogen and oxygen atoms in total. The number of carbonyl (C=O) groups is 2. The van der Waals surface area contributed by atoms with Crippen molar-refractivity contribution in [2.75, 3.05) is 20.6 Å². The molecule has 0 radical (unpaired) electrons. The van der Waals surface area contributed by atoms with Gasteiger partial charge in [-0.3, -0.25) is 4.79 Å². The van der Waals surface area contributed by atoms with Crippen LogP contribution in [0.3, 0.4) is 0 Å². The van der Waals surface area contributed by atoms with E-state index in [1.807, 2.05) is 6.92 Å². The van der Waals surface area contributed by atoms with E-state index in [1.165, 1.54) is 9.80 Å². The molecule has 3 amide bonds. The SMILES string of the molecule is CCN1C(=O)N=C(N)C1CC(=O)N(C)C. The molecule has 6 heteroatoms. The quantitative estimate of drug-likeness (QED) is 0.694. The Balaban J connectivity index is 2.72. The van der Waals surface area contributed by atoms with Crippen molar-refractivity contribution >= 4 is 17.8 Å². The fraction of sp³-hybridized carbons (Fsp3) is 0.667. The highest BCUT2D eigenvalue weighted by molar-refractivity contribution is 6.04. The lowest BCUT2D eigenvalue weighted by molar-refractivity contribution is -0.129. The second-order valence-corrected chi connectivity index (χ2v) is 3.61. The van der Waals surface area contributed by atoms with Gasteiger partial charge in [-0.1, -0.05) is 0 Å². The van der Waals surface area contributed by atoms with E-state index in [0.717, 1.165) is 0 Å². The Kier molecular flexibility index (Phi) is 3.28. The Labute approximate surface area is 88.7 Å². The molecule has 0 aromatic rings. The summed E-state index contributed by atoms with van der Waals surface area (Å²) in [5.41, 5.74) is 5.60. The molecular formula is C9H16N4O2. The number of likely N-dealkylation sites (N-methyl/N-ethyl adjacent to an activating group) is 1. The normalized spacial score (nSPS) is 20.5. The molecule has 1 aliphatic heterocycles. The third kappa shape index (κ3) is 2.26. The molecule has 2 N–H and O–H groups in total. The lowest BCUT2D eigenvalue weighted by Gasteiger charge is -2.23. The summed E-state index contributed by atoms with van der Waals surface area (Å²) in [6.07, 6.45) is 0.196. The first-order valence-corrected chi connectivity index (χ1v) is 4.82. The number of rotatable bonds is 3. The molecule has 0 spiro atoms. The monoisotopic (exact) mass is 212 g/mol. The summed E-state index contributed by atoms with van der Waals surface area (Å²) in [4.78, 5) is 29.4. The van der Waals surface area contributed by atoms with Crippen LogP contribution in [0.1, 0.15) is 13.3 Å². The largest absolute Gasteiger partial charge is 0.385 e. The molecule has 1 unspecified atom stereocenters. The van der Waals surface area contributed by atoms with Crippen LogP contribution >= 0.6 is 0 Å². The average molecular weight is 212 g/mol. The summed E-state index contributed by atoms with van der Waals surface area (Å²) in [7, 11) is 3.34. The van der Waals surface area contributed by atoms with E-state index in [9.17, 15) is 9.59 Å². The zero-order valence-corrected chi connectivity index (χ0v) is 9.23. The first kappa shape index (κ1) is 11.5. The van der Waals surface area contributed by atoms with Gasteiger partial charge in [0.25, 0.3) is 0 Å². The maximum absolute atomic E-state index is 11.5. The standard InChI is InChI=1S/C9H16N4O2/c1-4-13-6(5-7(14)12(2)3)8(10)11-9(13)15/h6H,4-5H2,1-3H3,(H2,10,11,15). The third-order valence-electron chi connectivity index (χ3n) is 2.40. The number of amides is 3. The van der Waals surface area contributed by atoms with Crippen LogP contribution in [0, 0.1) is 0 Å². The van der Waals surface area contributed by atoms with Crippen molar-refractivity contribution < 1.29 is 9.59 Å². The van der Waals surface area contributed by atoms with E-state index in [-0.39, 0.29) is 30.2 Å². The molecule has 84 valence electrons. The molecule has 0 aromatic carbocycles. The van der Waals surface area contributed by atoms with Crippen LogP contribution in [0.2, 0.25) is 0 Å². The molecule has 0 bridgehead atoms. The van der Waals surface area contributed by atoms with Gasteiger partial charge in [0.15, 0.2) is 0 Å². The Morgan fingerprint density at radius 1 is 1.60 bits per heavy atom. The number of nitrogens with zero attached hydrogens (tertiary/aromatic N) is 3. The van der Waals surface area contributed by atoms with Crippen molar-refractivity contribution in [2.24, 2.45) is 10.7 Å². The summed E-state index contributed by atoms with van der Waals surface area (Å²) < 4.78 is 0. The predicted molar refractivity (Wildman–Crippen MR) is 56.5 cm³/mol. The molecule has 1 rings (SSSR count). The highest BCUT2D eigenvalue weighted by Gasteiger charge is 2.33. The number of nitrogens with two attached hydrogens (primary N) is 1. The molecule has 1 heterocycles. The summed E-state index contributed by atoms with van der Waals surface area (Å²) in [5, 5.41) is 0. The van der Waals surface area contributed by atoms with Crippen molar-refractivity contribution in [3.8, 4) is 0 Å². The van der Waals surface area contributed by atoms with Crippen LogP contribution in [0.15, 0.2) is 4.99 Å². The van der Waals surface area contributed by atoms with Crippen molar-refractivity contribution in [1.29, 1.82) is 0 Å². The molecule has 0 aromatic heterocycles. The lowest BCUT2D eigenvalue weighted by atomic mass is 10.1. The van der Waals surface area contributed by atoms with E-state index < -0.39 is 0 Å². The van der Waals surface area contributed by atoms with Crippen molar-refractivity contribution in [1.82, 2.24) is 9.80 Å². The second-order valence-electron chi connectivity index (χ2n) is 3.61.